The standard InChI is InChI=1S/C22H22N2O3/c25-20(16-24-13-10-17-6-4-5-9-19(17)24)23-14-11-22(12-15-23,21(26)27)18-7-2-1-3-8-18/h1-10,13H,11-12,14-16H2,(H,26,27). The third kappa shape index (κ3) is 3.10. The van der Waals surface area contributed by atoms with E-state index in [1.165, 1.54) is 0 Å². The number of fused-ring (bicyclic) bond motifs is 1. The summed E-state index contributed by atoms with van der Waals surface area (Å²) < 4.78 is 1.95. The molecule has 1 N–H and O–H groups in total. The topological polar surface area (TPSA) is 62.5 Å². The number of aromatic nitrogens is 1. The molecule has 0 bridgehead atoms. The lowest BCUT2D eigenvalue weighted by molar-refractivity contribution is -0.148. The van der Waals surface area contributed by atoms with Crippen molar-refractivity contribution in [3.8, 4) is 0 Å². The van der Waals surface area contributed by atoms with Crippen molar-refractivity contribution in [1.29, 1.82) is 0 Å². The minimum absolute atomic E-state index is 0.0309. The summed E-state index contributed by atoms with van der Waals surface area (Å²) in [5.74, 6) is -0.777. The van der Waals surface area contributed by atoms with Gasteiger partial charge in [-0.1, -0.05) is 48.5 Å². The van der Waals surface area contributed by atoms with Crippen molar-refractivity contribution < 1.29 is 14.7 Å². The maximum absolute atomic E-state index is 12.8. The van der Waals surface area contributed by atoms with Gasteiger partial charge in [0.15, 0.2) is 0 Å². The molecule has 1 aromatic heterocycles. The van der Waals surface area contributed by atoms with E-state index in [0.717, 1.165) is 16.5 Å². The first-order valence-corrected chi connectivity index (χ1v) is 9.21. The average Bonchev–Trinajstić information content (AvgIpc) is 3.11. The third-order valence-electron chi connectivity index (χ3n) is 5.69. The van der Waals surface area contributed by atoms with Crippen LogP contribution in [0.15, 0.2) is 66.9 Å². The second-order valence-corrected chi connectivity index (χ2v) is 7.14. The van der Waals surface area contributed by atoms with Crippen LogP contribution in [0.1, 0.15) is 18.4 Å². The molecule has 5 nitrogen and oxygen atoms in total. The van der Waals surface area contributed by atoms with Crippen LogP contribution in [0.25, 0.3) is 10.9 Å². The Morgan fingerprint density at radius 3 is 2.30 bits per heavy atom. The lowest BCUT2D eigenvalue weighted by Crippen LogP contribution is -2.49. The summed E-state index contributed by atoms with van der Waals surface area (Å²) in [6.07, 6.45) is 2.80. The van der Waals surface area contributed by atoms with Crippen LogP contribution < -0.4 is 0 Å². The molecule has 1 fully saturated rings. The number of hydrogen-bond donors (Lipinski definition) is 1. The Labute approximate surface area is 157 Å². The van der Waals surface area contributed by atoms with E-state index in [2.05, 4.69) is 0 Å². The first kappa shape index (κ1) is 17.3. The molecule has 3 aromatic rings. The smallest absolute Gasteiger partial charge is 0.314 e. The number of aliphatic carboxylic acids is 1. The molecule has 0 aliphatic carbocycles. The fourth-order valence-corrected chi connectivity index (χ4v) is 4.05. The van der Waals surface area contributed by atoms with Crippen LogP contribution in [0.5, 0.6) is 0 Å². The number of carbonyl (C=O) groups is 2. The van der Waals surface area contributed by atoms with Crippen molar-refractivity contribution in [3.05, 3.63) is 72.4 Å². The van der Waals surface area contributed by atoms with Crippen LogP contribution in [-0.2, 0) is 21.5 Å². The van der Waals surface area contributed by atoms with Crippen LogP contribution in [0.3, 0.4) is 0 Å². The van der Waals surface area contributed by atoms with Crippen molar-refractivity contribution in [3.63, 3.8) is 0 Å². The number of carboxylic acid groups (broad SMARTS) is 1. The molecule has 138 valence electrons. The SMILES string of the molecule is O=C(Cn1ccc2ccccc21)N1CCC(C(=O)O)(c2ccccc2)CC1. The molecule has 0 saturated carbocycles. The highest BCUT2D eigenvalue weighted by molar-refractivity contribution is 5.84. The molecule has 2 aromatic carbocycles. The molecular formula is C22H22N2O3. The first-order valence-electron chi connectivity index (χ1n) is 9.21. The molecular weight excluding hydrogens is 340 g/mol. The molecule has 0 unspecified atom stereocenters. The zero-order valence-corrected chi connectivity index (χ0v) is 15.0. The number of carbonyl (C=O) groups excluding carboxylic acids is 1. The van der Waals surface area contributed by atoms with E-state index in [-0.39, 0.29) is 12.5 Å². The second-order valence-electron chi connectivity index (χ2n) is 7.14. The van der Waals surface area contributed by atoms with Crippen molar-refractivity contribution in [1.82, 2.24) is 9.47 Å². The Bertz CT molecular complexity index is 969. The molecule has 1 saturated heterocycles. The van der Waals surface area contributed by atoms with Crippen LogP contribution in [0.2, 0.25) is 0 Å². The Hall–Kier alpha value is -3.08. The molecule has 1 aliphatic heterocycles. The van der Waals surface area contributed by atoms with Gasteiger partial charge in [0.05, 0.1) is 5.41 Å². The van der Waals surface area contributed by atoms with Gasteiger partial charge >= 0.3 is 5.97 Å². The molecule has 0 spiro atoms. The summed E-state index contributed by atoms with van der Waals surface area (Å²) in [7, 11) is 0. The zero-order valence-electron chi connectivity index (χ0n) is 15.0. The Balaban J connectivity index is 1.48. The second kappa shape index (κ2) is 6.91. The van der Waals surface area contributed by atoms with Gasteiger partial charge in [0, 0.05) is 24.8 Å². The van der Waals surface area contributed by atoms with Gasteiger partial charge in [-0.2, -0.15) is 0 Å². The van der Waals surface area contributed by atoms with E-state index < -0.39 is 11.4 Å². The fraction of sp³-hybridized carbons (Fsp3) is 0.273. The van der Waals surface area contributed by atoms with E-state index >= 15 is 0 Å². The largest absolute Gasteiger partial charge is 0.481 e. The van der Waals surface area contributed by atoms with E-state index in [0.29, 0.717) is 25.9 Å². The Morgan fingerprint density at radius 2 is 1.59 bits per heavy atom. The number of likely N-dealkylation sites (tertiary alicyclic amines) is 1. The van der Waals surface area contributed by atoms with Crippen LogP contribution >= 0.6 is 0 Å². The van der Waals surface area contributed by atoms with Gasteiger partial charge in [-0.15, -0.1) is 0 Å². The highest BCUT2D eigenvalue weighted by Gasteiger charge is 2.43. The molecule has 4 rings (SSSR count). The molecule has 1 amide bonds. The summed E-state index contributed by atoms with van der Waals surface area (Å²) in [5.41, 5.74) is 0.950. The summed E-state index contributed by atoms with van der Waals surface area (Å²) in [6.45, 7) is 1.19. The summed E-state index contributed by atoms with van der Waals surface area (Å²) in [5, 5.41) is 11.0. The number of rotatable bonds is 4. The molecule has 0 radical (unpaired) electrons. The van der Waals surface area contributed by atoms with Gasteiger partial charge in [0.2, 0.25) is 5.91 Å². The highest BCUT2D eigenvalue weighted by atomic mass is 16.4. The lowest BCUT2D eigenvalue weighted by Gasteiger charge is -2.39. The minimum atomic E-state index is -0.905. The normalized spacial score (nSPS) is 16.4. The lowest BCUT2D eigenvalue weighted by atomic mass is 9.73. The number of nitrogens with zero attached hydrogens (tertiary/aromatic N) is 2. The monoisotopic (exact) mass is 362 g/mol. The number of hydrogen-bond acceptors (Lipinski definition) is 2. The summed E-state index contributed by atoms with van der Waals surface area (Å²) in [4.78, 5) is 26.6. The van der Waals surface area contributed by atoms with Crippen molar-refractivity contribution in [2.45, 2.75) is 24.8 Å². The van der Waals surface area contributed by atoms with Gasteiger partial charge in [0.1, 0.15) is 6.54 Å². The van der Waals surface area contributed by atoms with Gasteiger partial charge < -0.3 is 14.6 Å². The number of piperidine rings is 1. The average molecular weight is 362 g/mol. The zero-order chi connectivity index (χ0) is 18.9. The summed E-state index contributed by atoms with van der Waals surface area (Å²) in [6, 6.07) is 19.3. The molecule has 5 heteroatoms. The van der Waals surface area contributed by atoms with Gasteiger partial charge in [-0.25, -0.2) is 0 Å². The van der Waals surface area contributed by atoms with Gasteiger partial charge in [0.25, 0.3) is 0 Å². The number of carboxylic acids is 1. The number of para-hydroxylation sites is 1. The Morgan fingerprint density at radius 1 is 0.926 bits per heavy atom. The summed E-state index contributed by atoms with van der Waals surface area (Å²) >= 11 is 0. The van der Waals surface area contributed by atoms with Crippen LogP contribution in [-0.4, -0.2) is 39.5 Å². The molecule has 0 atom stereocenters. The predicted molar refractivity (Wildman–Crippen MR) is 104 cm³/mol. The van der Waals surface area contributed by atoms with Gasteiger partial charge in [-0.05, 0) is 35.9 Å². The quantitative estimate of drug-likeness (QED) is 0.775. The molecule has 2 heterocycles. The maximum atomic E-state index is 12.8. The van der Waals surface area contributed by atoms with E-state index in [1.807, 2.05) is 71.4 Å². The van der Waals surface area contributed by atoms with Crippen molar-refractivity contribution in [2.75, 3.05) is 13.1 Å². The maximum Gasteiger partial charge on any atom is 0.314 e. The number of amides is 1. The van der Waals surface area contributed by atoms with Crippen LogP contribution in [0.4, 0.5) is 0 Å². The van der Waals surface area contributed by atoms with E-state index in [4.69, 9.17) is 0 Å². The van der Waals surface area contributed by atoms with Crippen LogP contribution in [0, 0.1) is 0 Å². The predicted octanol–water partition coefficient (Wildman–Crippen LogP) is 3.29. The first-order chi connectivity index (χ1) is 13.1. The molecule has 1 aliphatic rings. The fourth-order valence-electron chi connectivity index (χ4n) is 4.05. The van der Waals surface area contributed by atoms with E-state index in [1.54, 1.807) is 4.90 Å². The van der Waals surface area contributed by atoms with Crippen molar-refractivity contribution >= 4 is 22.8 Å². The highest BCUT2D eigenvalue weighted by Crippen LogP contribution is 2.36. The minimum Gasteiger partial charge on any atom is -0.481 e. The van der Waals surface area contributed by atoms with E-state index in [9.17, 15) is 14.7 Å². The van der Waals surface area contributed by atoms with Gasteiger partial charge in [-0.3, -0.25) is 9.59 Å². The Kier molecular flexibility index (Phi) is 4.44. The van der Waals surface area contributed by atoms with Crippen molar-refractivity contribution in [2.24, 2.45) is 0 Å². The number of benzene rings is 2. The third-order valence-corrected chi connectivity index (χ3v) is 5.69. The molecule has 27 heavy (non-hydrogen) atoms.